The Hall–Kier alpha value is -0.700. The number of hydrogen-bond acceptors (Lipinski definition) is 3. The molecular weight excluding hydrogens is 212 g/mol. The van der Waals surface area contributed by atoms with E-state index in [0.29, 0.717) is 11.9 Å². The highest BCUT2D eigenvalue weighted by Gasteiger charge is 2.24. The van der Waals surface area contributed by atoms with E-state index in [0.717, 1.165) is 18.3 Å². The Kier molecular flexibility index (Phi) is 3.52. The predicted octanol–water partition coefficient (Wildman–Crippen LogP) is 3.18. The summed E-state index contributed by atoms with van der Waals surface area (Å²) in [5.74, 6) is 0.422. The average molecular weight is 229 g/mol. The van der Waals surface area contributed by atoms with Gasteiger partial charge < -0.3 is 9.32 Å². The molecule has 4 heteroatoms. The smallest absolute Gasteiger partial charge is 0.297 e. The molecule has 1 aromatic rings. The fourth-order valence-corrected chi connectivity index (χ4v) is 2.38. The Morgan fingerprint density at radius 2 is 2.27 bits per heavy atom. The second-order valence-corrected chi connectivity index (χ2v) is 4.25. The highest BCUT2D eigenvalue weighted by molar-refractivity contribution is 6.16. The summed E-state index contributed by atoms with van der Waals surface area (Å²) in [6, 6.07) is 1.34. The monoisotopic (exact) mass is 228 g/mol. The molecule has 1 saturated carbocycles. The lowest BCUT2D eigenvalue weighted by atomic mass is 10.2. The van der Waals surface area contributed by atoms with Gasteiger partial charge in [-0.2, -0.15) is 4.98 Å². The number of rotatable bonds is 4. The molecule has 0 atom stereocenters. The lowest BCUT2D eigenvalue weighted by Crippen LogP contribution is -2.33. The zero-order valence-corrected chi connectivity index (χ0v) is 9.83. The summed E-state index contributed by atoms with van der Waals surface area (Å²) in [7, 11) is 0. The van der Waals surface area contributed by atoms with Crippen molar-refractivity contribution in [1.29, 1.82) is 0 Å². The van der Waals surface area contributed by atoms with Gasteiger partial charge in [-0.1, -0.05) is 12.8 Å². The SMILES string of the molecule is CCN(c1nc(CCl)co1)C1CCCC1. The summed E-state index contributed by atoms with van der Waals surface area (Å²) in [4.78, 5) is 6.62. The number of oxazole rings is 1. The molecule has 0 saturated heterocycles. The summed E-state index contributed by atoms with van der Waals surface area (Å²) in [6.45, 7) is 3.09. The van der Waals surface area contributed by atoms with Crippen LogP contribution in [0.3, 0.4) is 0 Å². The molecule has 0 radical (unpaired) electrons. The molecule has 3 nitrogen and oxygen atoms in total. The predicted molar refractivity (Wildman–Crippen MR) is 61.3 cm³/mol. The van der Waals surface area contributed by atoms with E-state index in [4.69, 9.17) is 16.0 Å². The largest absolute Gasteiger partial charge is 0.432 e. The minimum Gasteiger partial charge on any atom is -0.432 e. The van der Waals surface area contributed by atoms with Gasteiger partial charge in [0, 0.05) is 12.6 Å². The van der Waals surface area contributed by atoms with E-state index >= 15 is 0 Å². The molecule has 0 unspecified atom stereocenters. The van der Waals surface area contributed by atoms with E-state index in [2.05, 4.69) is 16.8 Å². The maximum atomic E-state index is 5.71. The molecule has 0 aromatic carbocycles. The summed E-state index contributed by atoms with van der Waals surface area (Å²) >= 11 is 5.71. The van der Waals surface area contributed by atoms with Crippen LogP contribution in [0.2, 0.25) is 0 Å². The summed E-state index contributed by atoms with van der Waals surface area (Å²) in [5, 5.41) is 0. The minimum atomic E-state index is 0.422. The van der Waals surface area contributed by atoms with Crippen molar-refractivity contribution < 1.29 is 4.42 Å². The first-order chi connectivity index (χ1) is 7.35. The van der Waals surface area contributed by atoms with Gasteiger partial charge >= 0.3 is 0 Å². The summed E-state index contributed by atoms with van der Waals surface area (Å²) in [5.41, 5.74) is 0.822. The van der Waals surface area contributed by atoms with Crippen LogP contribution in [0, 0.1) is 0 Å². The molecule has 0 spiro atoms. The van der Waals surface area contributed by atoms with E-state index < -0.39 is 0 Å². The van der Waals surface area contributed by atoms with Gasteiger partial charge in [0.15, 0.2) is 0 Å². The van der Waals surface area contributed by atoms with Crippen LogP contribution < -0.4 is 4.90 Å². The van der Waals surface area contributed by atoms with Crippen molar-refractivity contribution in [1.82, 2.24) is 4.98 Å². The lowest BCUT2D eigenvalue weighted by Gasteiger charge is -2.25. The number of hydrogen-bond donors (Lipinski definition) is 0. The minimum absolute atomic E-state index is 0.422. The third-order valence-corrected chi connectivity index (χ3v) is 3.30. The van der Waals surface area contributed by atoms with Gasteiger partial charge in [0.25, 0.3) is 6.01 Å². The van der Waals surface area contributed by atoms with Crippen molar-refractivity contribution in [2.75, 3.05) is 11.4 Å². The van der Waals surface area contributed by atoms with E-state index in [-0.39, 0.29) is 0 Å². The second kappa shape index (κ2) is 4.88. The standard InChI is InChI=1S/C11H17ClN2O/c1-2-14(10-5-3-4-6-10)11-13-9(7-12)8-15-11/h8,10H,2-7H2,1H3. The van der Waals surface area contributed by atoms with Gasteiger partial charge in [-0.15, -0.1) is 11.6 Å². The molecule has 2 rings (SSSR count). The average Bonchev–Trinajstić information content (AvgIpc) is 2.89. The highest BCUT2D eigenvalue weighted by atomic mass is 35.5. The van der Waals surface area contributed by atoms with Crippen LogP contribution in [0.5, 0.6) is 0 Å². The van der Waals surface area contributed by atoms with Gasteiger partial charge in [-0.05, 0) is 19.8 Å². The maximum absolute atomic E-state index is 5.71. The van der Waals surface area contributed by atoms with Crippen molar-refractivity contribution in [2.45, 2.75) is 44.5 Å². The van der Waals surface area contributed by atoms with Crippen LogP contribution in [0.1, 0.15) is 38.3 Å². The van der Waals surface area contributed by atoms with Crippen molar-refractivity contribution in [3.8, 4) is 0 Å². The van der Waals surface area contributed by atoms with Crippen LogP contribution in [0.25, 0.3) is 0 Å². The zero-order chi connectivity index (χ0) is 10.7. The van der Waals surface area contributed by atoms with Gasteiger partial charge in [-0.25, -0.2) is 0 Å². The second-order valence-electron chi connectivity index (χ2n) is 3.98. The highest BCUT2D eigenvalue weighted by Crippen LogP contribution is 2.27. The van der Waals surface area contributed by atoms with Gasteiger partial charge in [-0.3, -0.25) is 0 Å². The molecule has 0 amide bonds. The zero-order valence-electron chi connectivity index (χ0n) is 9.08. The van der Waals surface area contributed by atoms with Gasteiger partial charge in [0.2, 0.25) is 0 Å². The Balaban J connectivity index is 2.10. The molecule has 1 aliphatic carbocycles. The Morgan fingerprint density at radius 1 is 1.53 bits per heavy atom. The molecule has 15 heavy (non-hydrogen) atoms. The third-order valence-electron chi connectivity index (χ3n) is 3.03. The Bertz CT molecular complexity index is 307. The number of alkyl halides is 1. The maximum Gasteiger partial charge on any atom is 0.297 e. The quantitative estimate of drug-likeness (QED) is 0.742. The first-order valence-corrected chi connectivity index (χ1v) is 6.15. The van der Waals surface area contributed by atoms with E-state index in [1.54, 1.807) is 6.26 Å². The van der Waals surface area contributed by atoms with Gasteiger partial charge in [0.1, 0.15) is 6.26 Å². The molecule has 1 aliphatic rings. The van der Waals surface area contributed by atoms with Crippen molar-refractivity contribution in [3.05, 3.63) is 12.0 Å². The van der Waals surface area contributed by atoms with Crippen molar-refractivity contribution in [2.24, 2.45) is 0 Å². The fourth-order valence-electron chi connectivity index (χ4n) is 2.26. The summed E-state index contributed by atoms with van der Waals surface area (Å²) in [6.07, 6.45) is 6.81. The number of aromatic nitrogens is 1. The number of nitrogens with zero attached hydrogens (tertiary/aromatic N) is 2. The normalized spacial score (nSPS) is 17.2. The fraction of sp³-hybridized carbons (Fsp3) is 0.727. The van der Waals surface area contributed by atoms with Crippen LogP contribution in [0.4, 0.5) is 6.01 Å². The Morgan fingerprint density at radius 3 is 2.80 bits per heavy atom. The molecule has 0 N–H and O–H groups in total. The van der Waals surface area contributed by atoms with E-state index in [1.165, 1.54) is 25.7 Å². The Labute approximate surface area is 95.4 Å². The molecule has 1 heterocycles. The topological polar surface area (TPSA) is 29.3 Å². The van der Waals surface area contributed by atoms with E-state index in [1.807, 2.05) is 0 Å². The van der Waals surface area contributed by atoms with Crippen LogP contribution in [-0.4, -0.2) is 17.6 Å². The van der Waals surface area contributed by atoms with Crippen molar-refractivity contribution in [3.63, 3.8) is 0 Å². The molecule has 1 aromatic heterocycles. The molecule has 0 aliphatic heterocycles. The molecular formula is C11H17ClN2O. The third kappa shape index (κ3) is 2.28. The molecule has 84 valence electrons. The van der Waals surface area contributed by atoms with Crippen LogP contribution in [0.15, 0.2) is 10.7 Å². The number of halogens is 1. The number of anilines is 1. The van der Waals surface area contributed by atoms with Crippen molar-refractivity contribution >= 4 is 17.6 Å². The van der Waals surface area contributed by atoms with Crippen LogP contribution in [-0.2, 0) is 5.88 Å². The molecule has 1 fully saturated rings. The lowest BCUT2D eigenvalue weighted by molar-refractivity contribution is 0.497. The first kappa shape index (κ1) is 10.8. The van der Waals surface area contributed by atoms with Gasteiger partial charge in [0.05, 0.1) is 11.6 Å². The summed E-state index contributed by atoms with van der Waals surface area (Å²) < 4.78 is 5.45. The van der Waals surface area contributed by atoms with E-state index in [9.17, 15) is 0 Å². The van der Waals surface area contributed by atoms with Crippen LogP contribution >= 0.6 is 11.6 Å². The first-order valence-electron chi connectivity index (χ1n) is 5.62. The molecule has 0 bridgehead atoms.